The Morgan fingerprint density at radius 3 is 2.86 bits per heavy atom. The maximum absolute atomic E-state index is 12.0. The van der Waals surface area contributed by atoms with Crippen LogP contribution in [0.2, 0.25) is 0 Å². The van der Waals surface area contributed by atoms with Gasteiger partial charge in [0.2, 0.25) is 0 Å². The Morgan fingerprint density at radius 2 is 2.14 bits per heavy atom. The van der Waals surface area contributed by atoms with E-state index in [9.17, 15) is 4.79 Å². The fraction of sp³-hybridized carbons (Fsp3) is 0.0667. The quantitative estimate of drug-likeness (QED) is 0.783. The van der Waals surface area contributed by atoms with Gasteiger partial charge in [0.25, 0.3) is 5.91 Å². The van der Waals surface area contributed by atoms with Crippen molar-refractivity contribution in [2.24, 2.45) is 0 Å². The van der Waals surface area contributed by atoms with Crippen LogP contribution < -0.4 is 5.32 Å². The van der Waals surface area contributed by atoms with Crippen molar-refractivity contribution in [3.05, 3.63) is 64.9 Å². The summed E-state index contributed by atoms with van der Waals surface area (Å²) < 4.78 is 11.1. The molecule has 3 aromatic rings. The molecular formula is C15H11BrN2O3. The summed E-state index contributed by atoms with van der Waals surface area (Å²) in [4.78, 5) is 16.3. The van der Waals surface area contributed by atoms with Gasteiger partial charge in [-0.05, 0) is 46.3 Å². The average molecular weight is 347 g/mol. The highest BCUT2D eigenvalue weighted by atomic mass is 79.9. The van der Waals surface area contributed by atoms with Crippen molar-refractivity contribution in [2.45, 2.75) is 6.54 Å². The zero-order valence-electron chi connectivity index (χ0n) is 10.9. The van der Waals surface area contributed by atoms with E-state index < -0.39 is 0 Å². The molecule has 106 valence electrons. The lowest BCUT2D eigenvalue weighted by Crippen LogP contribution is -2.22. The van der Waals surface area contributed by atoms with Gasteiger partial charge in [-0.2, -0.15) is 0 Å². The summed E-state index contributed by atoms with van der Waals surface area (Å²) in [5.41, 5.74) is 1.58. The van der Waals surface area contributed by atoms with E-state index in [4.69, 9.17) is 8.83 Å². The molecule has 0 aromatic carbocycles. The molecule has 0 aliphatic carbocycles. The Labute approximate surface area is 129 Å². The normalized spacial score (nSPS) is 10.5. The smallest absolute Gasteiger partial charge is 0.287 e. The van der Waals surface area contributed by atoms with Crippen molar-refractivity contribution in [1.82, 2.24) is 10.3 Å². The average Bonchev–Trinajstić information content (AvgIpc) is 3.16. The molecular weight excluding hydrogens is 336 g/mol. The molecule has 0 unspecified atom stereocenters. The molecule has 0 saturated carbocycles. The number of halogens is 1. The maximum atomic E-state index is 12.0. The summed E-state index contributed by atoms with van der Waals surface area (Å²) in [5.74, 6) is 0.640. The van der Waals surface area contributed by atoms with Gasteiger partial charge in [-0.25, -0.2) is 0 Å². The fourth-order valence-corrected chi connectivity index (χ4v) is 2.22. The lowest BCUT2D eigenvalue weighted by atomic mass is 10.1. The van der Waals surface area contributed by atoms with Crippen LogP contribution in [0.25, 0.3) is 11.5 Å². The monoisotopic (exact) mass is 346 g/mol. The number of amides is 1. The van der Waals surface area contributed by atoms with E-state index in [1.54, 1.807) is 30.7 Å². The van der Waals surface area contributed by atoms with Crippen LogP contribution in [0.4, 0.5) is 0 Å². The van der Waals surface area contributed by atoms with Gasteiger partial charge >= 0.3 is 0 Å². The molecule has 6 heteroatoms. The van der Waals surface area contributed by atoms with Crippen LogP contribution in [0.5, 0.6) is 0 Å². The number of furan rings is 2. The van der Waals surface area contributed by atoms with Crippen LogP contribution in [0.15, 0.2) is 62.4 Å². The van der Waals surface area contributed by atoms with E-state index in [1.807, 2.05) is 18.2 Å². The Balaban J connectivity index is 1.75. The van der Waals surface area contributed by atoms with E-state index in [0.717, 1.165) is 5.56 Å². The van der Waals surface area contributed by atoms with Crippen molar-refractivity contribution >= 4 is 21.8 Å². The number of nitrogens with zero attached hydrogens (tertiary/aromatic N) is 1. The Bertz CT molecular complexity index is 750. The highest BCUT2D eigenvalue weighted by Gasteiger charge is 2.13. The molecule has 3 heterocycles. The third-order valence-corrected chi connectivity index (χ3v) is 3.31. The largest absolute Gasteiger partial charge is 0.463 e. The molecule has 0 aliphatic rings. The number of nitrogens with one attached hydrogen (secondary N) is 1. The summed E-state index contributed by atoms with van der Waals surface area (Å²) >= 11 is 3.17. The second kappa shape index (κ2) is 5.97. The number of hydrogen-bond donors (Lipinski definition) is 1. The van der Waals surface area contributed by atoms with E-state index in [0.29, 0.717) is 22.7 Å². The molecule has 1 amide bonds. The van der Waals surface area contributed by atoms with Gasteiger partial charge in [-0.3, -0.25) is 9.78 Å². The van der Waals surface area contributed by atoms with E-state index in [-0.39, 0.29) is 11.7 Å². The molecule has 3 aromatic heterocycles. The molecule has 0 radical (unpaired) electrons. The van der Waals surface area contributed by atoms with Gasteiger partial charge in [0, 0.05) is 18.3 Å². The van der Waals surface area contributed by atoms with Gasteiger partial charge < -0.3 is 14.2 Å². The van der Waals surface area contributed by atoms with Crippen LogP contribution >= 0.6 is 15.9 Å². The summed E-state index contributed by atoms with van der Waals surface area (Å²) in [6.07, 6.45) is 3.28. The van der Waals surface area contributed by atoms with Gasteiger partial charge in [0.05, 0.1) is 6.26 Å². The summed E-state index contributed by atoms with van der Waals surface area (Å²) in [5, 5.41) is 2.80. The SMILES string of the molecule is O=C(NCc1cccnc1-c1ccco1)c1ccc(Br)o1. The van der Waals surface area contributed by atoms with E-state index in [1.165, 1.54) is 0 Å². The van der Waals surface area contributed by atoms with Crippen molar-refractivity contribution < 1.29 is 13.6 Å². The minimum absolute atomic E-state index is 0.255. The number of hydrogen-bond acceptors (Lipinski definition) is 4. The Morgan fingerprint density at radius 1 is 1.24 bits per heavy atom. The second-order valence-electron chi connectivity index (χ2n) is 4.27. The minimum Gasteiger partial charge on any atom is -0.463 e. The van der Waals surface area contributed by atoms with E-state index in [2.05, 4.69) is 26.2 Å². The Hall–Kier alpha value is -2.34. The summed E-state index contributed by atoms with van der Waals surface area (Å²) in [6, 6.07) is 10.6. The van der Waals surface area contributed by atoms with E-state index >= 15 is 0 Å². The lowest BCUT2D eigenvalue weighted by molar-refractivity contribution is 0.0922. The third kappa shape index (κ3) is 3.05. The van der Waals surface area contributed by atoms with Crippen LogP contribution in [0.3, 0.4) is 0 Å². The highest BCUT2D eigenvalue weighted by molar-refractivity contribution is 9.10. The fourth-order valence-electron chi connectivity index (χ4n) is 1.92. The molecule has 0 spiro atoms. The van der Waals surface area contributed by atoms with Gasteiger partial charge in [0.1, 0.15) is 5.69 Å². The zero-order valence-corrected chi connectivity index (χ0v) is 12.5. The predicted octanol–water partition coefficient (Wildman–Crippen LogP) is 3.63. The van der Waals surface area contributed by atoms with Crippen molar-refractivity contribution in [2.75, 3.05) is 0 Å². The molecule has 0 saturated heterocycles. The van der Waals surface area contributed by atoms with Crippen molar-refractivity contribution in [3.63, 3.8) is 0 Å². The molecule has 3 rings (SSSR count). The summed E-state index contributed by atoms with van der Waals surface area (Å²) in [6.45, 7) is 0.334. The lowest BCUT2D eigenvalue weighted by Gasteiger charge is -2.07. The molecule has 0 atom stereocenters. The van der Waals surface area contributed by atoms with Gasteiger partial charge in [-0.15, -0.1) is 0 Å². The zero-order chi connectivity index (χ0) is 14.7. The number of carbonyl (C=O) groups excluding carboxylic acids is 1. The first-order valence-electron chi connectivity index (χ1n) is 6.25. The second-order valence-corrected chi connectivity index (χ2v) is 5.06. The van der Waals surface area contributed by atoms with Gasteiger partial charge in [-0.1, -0.05) is 6.07 Å². The molecule has 0 fully saturated rings. The Kier molecular flexibility index (Phi) is 3.87. The standard InChI is InChI=1S/C15H11BrN2O3/c16-13-6-5-12(21-13)15(19)18-9-10-3-1-7-17-14(10)11-4-2-8-20-11/h1-8H,9H2,(H,18,19). The first-order valence-corrected chi connectivity index (χ1v) is 7.04. The topological polar surface area (TPSA) is 68.3 Å². The van der Waals surface area contributed by atoms with Crippen LogP contribution in [0, 0.1) is 0 Å². The molecule has 1 N–H and O–H groups in total. The maximum Gasteiger partial charge on any atom is 0.287 e. The molecule has 0 bridgehead atoms. The first-order chi connectivity index (χ1) is 10.2. The minimum atomic E-state index is -0.282. The third-order valence-electron chi connectivity index (χ3n) is 2.88. The number of rotatable bonds is 4. The van der Waals surface area contributed by atoms with Gasteiger partial charge in [0.15, 0.2) is 16.2 Å². The number of aromatic nitrogens is 1. The van der Waals surface area contributed by atoms with Crippen LogP contribution in [0.1, 0.15) is 16.1 Å². The molecule has 0 aliphatic heterocycles. The predicted molar refractivity (Wildman–Crippen MR) is 79.5 cm³/mol. The highest BCUT2D eigenvalue weighted by Crippen LogP contribution is 2.21. The van der Waals surface area contributed by atoms with Crippen LogP contribution in [-0.4, -0.2) is 10.9 Å². The molecule has 5 nitrogen and oxygen atoms in total. The summed E-state index contributed by atoms with van der Waals surface area (Å²) in [7, 11) is 0. The number of pyridine rings is 1. The van der Waals surface area contributed by atoms with Crippen molar-refractivity contribution in [3.8, 4) is 11.5 Å². The first kappa shape index (κ1) is 13.6. The number of carbonyl (C=O) groups is 1. The molecule has 21 heavy (non-hydrogen) atoms. The van der Waals surface area contributed by atoms with Crippen molar-refractivity contribution in [1.29, 1.82) is 0 Å². The van der Waals surface area contributed by atoms with Crippen LogP contribution in [-0.2, 0) is 6.54 Å².